The van der Waals surface area contributed by atoms with Gasteiger partial charge in [-0.3, -0.25) is 4.90 Å². The molecule has 0 spiro atoms. The van der Waals surface area contributed by atoms with Crippen LogP contribution in [0.1, 0.15) is 18.4 Å². The number of nitrogens with zero attached hydrogens (tertiary/aromatic N) is 2. The molecule has 1 heterocycles. The molecule has 2 rings (SSSR count). The zero-order valence-electron chi connectivity index (χ0n) is 13.1. The van der Waals surface area contributed by atoms with Crippen LogP contribution < -0.4 is 4.74 Å². The van der Waals surface area contributed by atoms with Crippen molar-refractivity contribution in [3.8, 4) is 11.5 Å². The Balaban J connectivity index is 1.93. The molecule has 118 valence electrons. The highest BCUT2D eigenvalue weighted by Crippen LogP contribution is 2.35. The lowest BCUT2D eigenvalue weighted by Crippen LogP contribution is -2.36. The minimum absolute atomic E-state index is 0.172. The second-order valence-corrected chi connectivity index (χ2v) is 6.96. The molecule has 0 aliphatic carbocycles. The summed E-state index contributed by atoms with van der Waals surface area (Å²) in [5, 5.41) is 9.86. The molecular formula is C16H25BrN2O2. The van der Waals surface area contributed by atoms with Crippen LogP contribution in [0.2, 0.25) is 0 Å². The predicted octanol–water partition coefficient (Wildman–Crippen LogP) is 2.94. The molecule has 21 heavy (non-hydrogen) atoms. The van der Waals surface area contributed by atoms with E-state index in [4.69, 9.17) is 4.74 Å². The van der Waals surface area contributed by atoms with Crippen molar-refractivity contribution in [3.05, 3.63) is 22.2 Å². The Morgan fingerprint density at radius 1 is 1.33 bits per heavy atom. The third-order valence-corrected chi connectivity index (χ3v) is 4.65. The van der Waals surface area contributed by atoms with Gasteiger partial charge in [0.25, 0.3) is 0 Å². The monoisotopic (exact) mass is 356 g/mol. The molecule has 1 fully saturated rings. The van der Waals surface area contributed by atoms with Crippen LogP contribution in [-0.2, 0) is 6.54 Å². The summed E-state index contributed by atoms with van der Waals surface area (Å²) < 4.78 is 5.91. The van der Waals surface area contributed by atoms with E-state index < -0.39 is 0 Å². The van der Waals surface area contributed by atoms with Gasteiger partial charge in [-0.2, -0.15) is 0 Å². The van der Waals surface area contributed by atoms with Gasteiger partial charge >= 0.3 is 0 Å². The summed E-state index contributed by atoms with van der Waals surface area (Å²) in [4.78, 5) is 4.76. The van der Waals surface area contributed by atoms with E-state index in [9.17, 15) is 5.11 Å². The molecule has 1 N–H and O–H groups in total. The summed E-state index contributed by atoms with van der Waals surface area (Å²) in [7, 11) is 5.87. The smallest absolute Gasteiger partial charge is 0.172 e. The molecule has 1 aliphatic heterocycles. The first-order valence-electron chi connectivity index (χ1n) is 7.42. The molecule has 0 unspecified atom stereocenters. The average Bonchev–Trinajstić information content (AvgIpc) is 2.44. The van der Waals surface area contributed by atoms with Crippen LogP contribution in [0.4, 0.5) is 0 Å². The fourth-order valence-electron chi connectivity index (χ4n) is 2.98. The molecule has 0 radical (unpaired) electrons. The van der Waals surface area contributed by atoms with E-state index in [1.165, 1.54) is 24.9 Å². The normalized spacial score (nSPS) is 17.4. The van der Waals surface area contributed by atoms with E-state index in [1.54, 1.807) is 7.11 Å². The van der Waals surface area contributed by atoms with E-state index in [1.807, 2.05) is 12.1 Å². The van der Waals surface area contributed by atoms with Crippen molar-refractivity contribution < 1.29 is 9.84 Å². The van der Waals surface area contributed by atoms with Crippen molar-refractivity contribution >= 4 is 15.9 Å². The van der Waals surface area contributed by atoms with Crippen LogP contribution in [0.25, 0.3) is 0 Å². The molecule has 1 aromatic rings. The molecule has 0 aromatic heterocycles. The number of hydrogen-bond donors (Lipinski definition) is 1. The van der Waals surface area contributed by atoms with Gasteiger partial charge in [-0.15, -0.1) is 0 Å². The van der Waals surface area contributed by atoms with E-state index in [-0.39, 0.29) is 5.75 Å². The van der Waals surface area contributed by atoms with Gasteiger partial charge in [-0.05, 0) is 79.6 Å². The summed E-state index contributed by atoms with van der Waals surface area (Å²) in [6, 6.07) is 3.90. The van der Waals surface area contributed by atoms with Crippen LogP contribution in [-0.4, -0.2) is 55.7 Å². The maximum absolute atomic E-state index is 9.86. The molecule has 1 aliphatic rings. The van der Waals surface area contributed by atoms with Crippen molar-refractivity contribution in [2.24, 2.45) is 5.92 Å². The lowest BCUT2D eigenvalue weighted by atomic mass is 9.96. The summed E-state index contributed by atoms with van der Waals surface area (Å²) in [5.74, 6) is 1.52. The van der Waals surface area contributed by atoms with Gasteiger partial charge in [0.2, 0.25) is 0 Å². The molecule has 5 heteroatoms. The van der Waals surface area contributed by atoms with Gasteiger partial charge in [-0.1, -0.05) is 0 Å². The van der Waals surface area contributed by atoms with Crippen LogP contribution in [0.5, 0.6) is 11.5 Å². The Morgan fingerprint density at radius 3 is 2.57 bits per heavy atom. The summed E-state index contributed by atoms with van der Waals surface area (Å²) in [6.45, 7) is 4.37. The van der Waals surface area contributed by atoms with Crippen molar-refractivity contribution in [3.63, 3.8) is 0 Å². The zero-order valence-corrected chi connectivity index (χ0v) is 14.7. The highest BCUT2D eigenvalue weighted by Gasteiger charge is 2.20. The number of benzene rings is 1. The molecule has 4 nitrogen and oxygen atoms in total. The minimum atomic E-state index is 0.172. The first kappa shape index (κ1) is 16.6. The van der Waals surface area contributed by atoms with Gasteiger partial charge in [0, 0.05) is 13.1 Å². The summed E-state index contributed by atoms with van der Waals surface area (Å²) >= 11 is 3.39. The molecule has 1 saturated heterocycles. The standard InChI is InChI=1S/C16H25BrN2O2/c1-18(2)10-12-4-6-19(7-5-12)11-13-8-14(17)16(20)15(9-13)21-3/h8-9,12,20H,4-7,10-11H2,1-3H3. The predicted molar refractivity (Wildman–Crippen MR) is 88.9 cm³/mol. The number of ether oxygens (including phenoxy) is 1. The first-order valence-corrected chi connectivity index (χ1v) is 8.21. The van der Waals surface area contributed by atoms with Crippen LogP contribution in [0.15, 0.2) is 16.6 Å². The minimum Gasteiger partial charge on any atom is -0.503 e. The number of piperidine rings is 1. The first-order chi connectivity index (χ1) is 9.99. The number of phenols is 1. The van der Waals surface area contributed by atoms with Crippen molar-refractivity contribution in [1.82, 2.24) is 9.80 Å². The second kappa shape index (κ2) is 7.47. The van der Waals surface area contributed by atoms with Crippen LogP contribution >= 0.6 is 15.9 Å². The van der Waals surface area contributed by atoms with Crippen LogP contribution in [0.3, 0.4) is 0 Å². The molecule has 1 aromatic carbocycles. The number of halogens is 1. The van der Waals surface area contributed by atoms with Gasteiger partial charge in [-0.25, -0.2) is 0 Å². The van der Waals surface area contributed by atoms with Gasteiger partial charge in [0.1, 0.15) is 0 Å². The lowest BCUT2D eigenvalue weighted by molar-refractivity contribution is 0.156. The Hall–Kier alpha value is -0.780. The Labute approximate surface area is 135 Å². The highest BCUT2D eigenvalue weighted by molar-refractivity contribution is 9.10. The fourth-order valence-corrected chi connectivity index (χ4v) is 3.47. The fraction of sp³-hybridized carbons (Fsp3) is 0.625. The number of likely N-dealkylation sites (tertiary alicyclic amines) is 1. The van der Waals surface area contributed by atoms with Gasteiger partial charge in [0.15, 0.2) is 11.5 Å². The van der Waals surface area contributed by atoms with Gasteiger partial charge in [0.05, 0.1) is 11.6 Å². The largest absolute Gasteiger partial charge is 0.503 e. The number of rotatable bonds is 5. The van der Waals surface area contributed by atoms with Gasteiger partial charge < -0.3 is 14.7 Å². The molecule has 0 saturated carbocycles. The van der Waals surface area contributed by atoms with Crippen LogP contribution in [0, 0.1) is 5.92 Å². The van der Waals surface area contributed by atoms with E-state index in [0.717, 1.165) is 25.6 Å². The summed E-state index contributed by atoms with van der Waals surface area (Å²) in [5.41, 5.74) is 1.17. The Morgan fingerprint density at radius 2 is 2.00 bits per heavy atom. The number of methoxy groups -OCH3 is 1. The quantitative estimate of drug-likeness (QED) is 0.879. The lowest BCUT2D eigenvalue weighted by Gasteiger charge is -2.33. The zero-order chi connectivity index (χ0) is 15.4. The SMILES string of the molecule is COc1cc(CN2CCC(CN(C)C)CC2)cc(Br)c1O. The van der Waals surface area contributed by atoms with Crippen molar-refractivity contribution in [1.29, 1.82) is 0 Å². The average molecular weight is 357 g/mol. The van der Waals surface area contributed by atoms with Crippen molar-refractivity contribution in [2.75, 3.05) is 40.8 Å². The topological polar surface area (TPSA) is 35.9 Å². The Bertz CT molecular complexity index is 472. The molecular weight excluding hydrogens is 332 g/mol. The van der Waals surface area contributed by atoms with E-state index in [2.05, 4.69) is 39.8 Å². The third kappa shape index (κ3) is 4.59. The molecule has 0 atom stereocenters. The summed E-state index contributed by atoms with van der Waals surface area (Å²) in [6.07, 6.45) is 2.52. The maximum atomic E-state index is 9.86. The molecule has 0 bridgehead atoms. The second-order valence-electron chi connectivity index (χ2n) is 6.11. The third-order valence-electron chi connectivity index (χ3n) is 4.04. The maximum Gasteiger partial charge on any atom is 0.172 e. The van der Waals surface area contributed by atoms with E-state index >= 15 is 0 Å². The number of phenolic OH excluding ortho intramolecular Hbond substituents is 1. The Kier molecular flexibility index (Phi) is 5.90. The van der Waals surface area contributed by atoms with Crippen molar-refractivity contribution in [2.45, 2.75) is 19.4 Å². The number of aromatic hydroxyl groups is 1. The number of hydrogen-bond acceptors (Lipinski definition) is 4. The molecule has 0 amide bonds. The highest BCUT2D eigenvalue weighted by atomic mass is 79.9. The van der Waals surface area contributed by atoms with E-state index in [0.29, 0.717) is 10.2 Å².